The number of ether oxygens (including phenoxy) is 1. The van der Waals surface area contributed by atoms with E-state index in [0.717, 1.165) is 29.8 Å². The maximum Gasteiger partial charge on any atom is 0.101 e. The third-order valence-electron chi connectivity index (χ3n) is 2.91. The van der Waals surface area contributed by atoms with Gasteiger partial charge >= 0.3 is 0 Å². The summed E-state index contributed by atoms with van der Waals surface area (Å²) < 4.78 is 6.36. The molecule has 1 aliphatic rings. The van der Waals surface area contributed by atoms with Crippen LogP contribution in [-0.4, -0.2) is 26.3 Å². The normalized spacial score (nSPS) is 19.4. The molecule has 0 bridgehead atoms. The molecule has 4 heteroatoms. The molecule has 0 radical (unpaired) electrons. The Labute approximate surface area is 104 Å². The van der Waals surface area contributed by atoms with Gasteiger partial charge in [0.1, 0.15) is 6.07 Å². The molecule has 1 saturated heterocycles. The van der Waals surface area contributed by atoms with Gasteiger partial charge in [-0.1, -0.05) is 15.9 Å². The molecule has 1 fully saturated rings. The molecule has 1 unspecified atom stereocenters. The van der Waals surface area contributed by atoms with Crippen LogP contribution in [0.4, 0.5) is 5.69 Å². The fourth-order valence-corrected chi connectivity index (χ4v) is 2.26. The Hall–Kier alpha value is -1.05. The second-order valence-corrected chi connectivity index (χ2v) is 4.82. The SMILES string of the molecule is CN(c1cc(Br)ccc1C#N)C1CCOC1. The molecule has 0 amide bonds. The van der Waals surface area contributed by atoms with Crippen molar-refractivity contribution >= 4 is 21.6 Å². The fraction of sp³-hybridized carbons (Fsp3) is 0.417. The Bertz CT molecular complexity index is 422. The lowest BCUT2D eigenvalue weighted by Crippen LogP contribution is -2.32. The van der Waals surface area contributed by atoms with Gasteiger partial charge in [0.15, 0.2) is 0 Å². The molecule has 2 rings (SSSR count). The summed E-state index contributed by atoms with van der Waals surface area (Å²) in [6.45, 7) is 1.55. The first-order valence-corrected chi connectivity index (χ1v) is 6.02. The molecule has 16 heavy (non-hydrogen) atoms. The lowest BCUT2D eigenvalue weighted by Gasteiger charge is -2.26. The molecular weight excluding hydrogens is 268 g/mol. The monoisotopic (exact) mass is 280 g/mol. The number of anilines is 1. The first-order valence-electron chi connectivity index (χ1n) is 5.22. The topological polar surface area (TPSA) is 36.3 Å². The van der Waals surface area contributed by atoms with Crippen LogP contribution in [-0.2, 0) is 4.74 Å². The van der Waals surface area contributed by atoms with E-state index in [-0.39, 0.29) is 0 Å². The quantitative estimate of drug-likeness (QED) is 0.835. The van der Waals surface area contributed by atoms with E-state index in [1.807, 2.05) is 25.2 Å². The molecular formula is C12H13BrN2O. The van der Waals surface area contributed by atoms with Crippen molar-refractivity contribution in [3.05, 3.63) is 28.2 Å². The number of rotatable bonds is 2. The summed E-state index contributed by atoms with van der Waals surface area (Å²) in [7, 11) is 2.02. The van der Waals surface area contributed by atoms with Gasteiger partial charge in [-0.3, -0.25) is 0 Å². The van der Waals surface area contributed by atoms with Crippen molar-refractivity contribution in [1.82, 2.24) is 0 Å². The average molecular weight is 281 g/mol. The second-order valence-electron chi connectivity index (χ2n) is 3.90. The Balaban J connectivity index is 2.31. The van der Waals surface area contributed by atoms with Crippen molar-refractivity contribution in [2.75, 3.05) is 25.2 Å². The van der Waals surface area contributed by atoms with Crippen LogP contribution < -0.4 is 4.90 Å². The summed E-state index contributed by atoms with van der Waals surface area (Å²) in [5, 5.41) is 9.08. The van der Waals surface area contributed by atoms with E-state index in [4.69, 9.17) is 10.00 Å². The summed E-state index contributed by atoms with van der Waals surface area (Å²) in [5.74, 6) is 0. The third-order valence-corrected chi connectivity index (χ3v) is 3.41. The summed E-state index contributed by atoms with van der Waals surface area (Å²) in [6.07, 6.45) is 1.02. The molecule has 1 aromatic rings. The predicted molar refractivity (Wildman–Crippen MR) is 66.5 cm³/mol. The van der Waals surface area contributed by atoms with E-state index in [1.165, 1.54) is 0 Å². The minimum atomic E-state index is 0.376. The highest BCUT2D eigenvalue weighted by molar-refractivity contribution is 9.10. The first-order chi connectivity index (χ1) is 7.72. The number of nitrogens with zero attached hydrogens (tertiary/aromatic N) is 2. The number of hydrogen-bond donors (Lipinski definition) is 0. The number of nitriles is 1. The highest BCUT2D eigenvalue weighted by atomic mass is 79.9. The number of likely N-dealkylation sites (N-methyl/N-ethyl adjacent to an activating group) is 1. The van der Waals surface area contributed by atoms with Crippen LogP contribution in [0.2, 0.25) is 0 Å². The smallest absolute Gasteiger partial charge is 0.101 e. The summed E-state index contributed by atoms with van der Waals surface area (Å²) >= 11 is 3.44. The van der Waals surface area contributed by atoms with Crippen LogP contribution in [0.25, 0.3) is 0 Å². The van der Waals surface area contributed by atoms with E-state index in [2.05, 4.69) is 26.9 Å². The van der Waals surface area contributed by atoms with Gasteiger partial charge in [0, 0.05) is 18.1 Å². The Morgan fingerprint density at radius 3 is 3.00 bits per heavy atom. The molecule has 84 valence electrons. The van der Waals surface area contributed by atoms with E-state index in [9.17, 15) is 0 Å². The predicted octanol–water partition coefficient (Wildman–Crippen LogP) is 2.55. The standard InChI is InChI=1S/C12H13BrN2O/c1-15(11-4-5-16-8-11)12-6-10(13)3-2-9(12)7-14/h2-3,6,11H,4-5,8H2,1H3. The third kappa shape index (κ3) is 2.21. The van der Waals surface area contributed by atoms with Crippen molar-refractivity contribution in [3.63, 3.8) is 0 Å². The zero-order valence-corrected chi connectivity index (χ0v) is 10.7. The lowest BCUT2D eigenvalue weighted by molar-refractivity contribution is 0.193. The van der Waals surface area contributed by atoms with Crippen molar-refractivity contribution in [3.8, 4) is 6.07 Å². The maximum absolute atomic E-state index is 9.08. The van der Waals surface area contributed by atoms with Gasteiger partial charge in [0.2, 0.25) is 0 Å². The summed E-state index contributed by atoms with van der Waals surface area (Å²) in [4.78, 5) is 2.14. The molecule has 0 aromatic heterocycles. The van der Waals surface area contributed by atoms with E-state index >= 15 is 0 Å². The molecule has 1 atom stereocenters. The second kappa shape index (κ2) is 4.86. The zero-order chi connectivity index (χ0) is 11.5. The number of hydrogen-bond acceptors (Lipinski definition) is 3. The average Bonchev–Trinajstić information content (AvgIpc) is 2.81. The minimum absolute atomic E-state index is 0.376. The fourth-order valence-electron chi connectivity index (χ4n) is 1.92. The van der Waals surface area contributed by atoms with E-state index < -0.39 is 0 Å². The minimum Gasteiger partial charge on any atom is -0.379 e. The zero-order valence-electron chi connectivity index (χ0n) is 9.11. The lowest BCUT2D eigenvalue weighted by atomic mass is 10.1. The highest BCUT2D eigenvalue weighted by Gasteiger charge is 2.22. The van der Waals surface area contributed by atoms with E-state index in [0.29, 0.717) is 11.6 Å². The van der Waals surface area contributed by atoms with Crippen molar-refractivity contribution in [2.45, 2.75) is 12.5 Å². The van der Waals surface area contributed by atoms with Crippen molar-refractivity contribution in [2.24, 2.45) is 0 Å². The van der Waals surface area contributed by atoms with Crippen LogP contribution in [0, 0.1) is 11.3 Å². The largest absolute Gasteiger partial charge is 0.379 e. The van der Waals surface area contributed by atoms with E-state index in [1.54, 1.807) is 0 Å². The van der Waals surface area contributed by atoms with Gasteiger partial charge in [-0.2, -0.15) is 5.26 Å². The number of halogens is 1. The summed E-state index contributed by atoms with van der Waals surface area (Å²) in [5.41, 5.74) is 1.67. The van der Waals surface area contributed by atoms with Crippen molar-refractivity contribution < 1.29 is 4.74 Å². The number of benzene rings is 1. The summed E-state index contributed by atoms with van der Waals surface area (Å²) in [6, 6.07) is 8.31. The first kappa shape index (κ1) is 11.4. The molecule has 0 aliphatic carbocycles. The van der Waals surface area contributed by atoms with Gasteiger partial charge in [0.25, 0.3) is 0 Å². The molecule has 3 nitrogen and oxygen atoms in total. The molecule has 1 aliphatic heterocycles. The molecule has 0 spiro atoms. The van der Waals surface area contributed by atoms with Crippen LogP contribution in [0.3, 0.4) is 0 Å². The molecule has 1 aromatic carbocycles. The van der Waals surface area contributed by atoms with Crippen LogP contribution >= 0.6 is 15.9 Å². The molecule has 1 heterocycles. The Morgan fingerprint density at radius 2 is 2.38 bits per heavy atom. The van der Waals surface area contributed by atoms with Crippen LogP contribution in [0.15, 0.2) is 22.7 Å². The molecule has 0 saturated carbocycles. The Kier molecular flexibility index (Phi) is 3.47. The Morgan fingerprint density at radius 1 is 1.56 bits per heavy atom. The van der Waals surface area contributed by atoms with Crippen LogP contribution in [0.1, 0.15) is 12.0 Å². The van der Waals surface area contributed by atoms with Gasteiger partial charge in [0.05, 0.1) is 23.9 Å². The van der Waals surface area contributed by atoms with Gasteiger partial charge < -0.3 is 9.64 Å². The van der Waals surface area contributed by atoms with Gasteiger partial charge in [-0.25, -0.2) is 0 Å². The van der Waals surface area contributed by atoms with Crippen molar-refractivity contribution in [1.29, 1.82) is 5.26 Å². The molecule has 0 N–H and O–H groups in total. The van der Waals surface area contributed by atoms with Gasteiger partial charge in [-0.05, 0) is 24.6 Å². The van der Waals surface area contributed by atoms with Gasteiger partial charge in [-0.15, -0.1) is 0 Å². The maximum atomic E-state index is 9.08. The van der Waals surface area contributed by atoms with Crippen LogP contribution in [0.5, 0.6) is 0 Å². The highest BCUT2D eigenvalue weighted by Crippen LogP contribution is 2.27.